The zero-order chi connectivity index (χ0) is 30.8. The highest BCUT2D eigenvalue weighted by Crippen LogP contribution is 2.45. The van der Waals surface area contributed by atoms with Crippen LogP contribution < -0.4 is 9.64 Å². The molecule has 44 heavy (non-hydrogen) atoms. The number of aliphatic hydroxyl groups excluding tert-OH is 1. The van der Waals surface area contributed by atoms with Gasteiger partial charge in [-0.1, -0.05) is 95.4 Å². The Morgan fingerprint density at radius 1 is 1.00 bits per heavy atom. The van der Waals surface area contributed by atoms with Gasteiger partial charge in [-0.3, -0.25) is 14.5 Å². The van der Waals surface area contributed by atoms with E-state index in [1.54, 1.807) is 31.2 Å². The van der Waals surface area contributed by atoms with Gasteiger partial charge in [-0.25, -0.2) is 4.98 Å². The SMILES string of the molecule is Cc1nc(C)c(C(=O)C2=C(O)C(=O)N(c3nnc(SCc4ccccc4Cl)s3)C2c2ccc(OCc3ccccc3)cc2)s1. The number of carbonyl (C=O) groups is 2. The molecule has 1 aliphatic heterocycles. The molecule has 2 aromatic heterocycles. The second kappa shape index (κ2) is 12.9. The quantitative estimate of drug-likeness (QED) is 0.0915. The van der Waals surface area contributed by atoms with Crippen molar-refractivity contribution in [3.8, 4) is 5.75 Å². The van der Waals surface area contributed by atoms with E-state index in [2.05, 4.69) is 15.2 Å². The van der Waals surface area contributed by atoms with Crippen molar-refractivity contribution in [2.45, 2.75) is 36.6 Å². The highest BCUT2D eigenvalue weighted by molar-refractivity contribution is 8.00. The van der Waals surface area contributed by atoms with Gasteiger partial charge in [0.25, 0.3) is 5.91 Å². The van der Waals surface area contributed by atoms with E-state index >= 15 is 0 Å². The maximum atomic E-state index is 13.9. The highest BCUT2D eigenvalue weighted by atomic mass is 35.5. The lowest BCUT2D eigenvalue weighted by molar-refractivity contribution is -0.117. The molecule has 8 nitrogen and oxygen atoms in total. The Morgan fingerprint density at radius 3 is 2.43 bits per heavy atom. The number of rotatable bonds is 10. The lowest BCUT2D eigenvalue weighted by Gasteiger charge is -2.24. The monoisotopic (exact) mass is 660 g/mol. The number of Topliss-reactive ketones (excluding diaryl/α,β-unsaturated/α-hetero) is 1. The first-order valence-corrected chi connectivity index (χ1v) is 16.5. The second-order valence-corrected chi connectivity index (χ2v) is 13.7. The summed E-state index contributed by atoms with van der Waals surface area (Å²) in [6, 6.07) is 23.6. The number of halogens is 1. The third-order valence-corrected chi connectivity index (χ3v) is 10.5. The van der Waals surface area contributed by atoms with Crippen LogP contribution in [-0.4, -0.2) is 32.0 Å². The van der Waals surface area contributed by atoms with Gasteiger partial charge in [-0.2, -0.15) is 0 Å². The van der Waals surface area contributed by atoms with Crippen molar-refractivity contribution in [1.29, 1.82) is 0 Å². The van der Waals surface area contributed by atoms with Crippen molar-refractivity contribution >= 4 is 62.9 Å². The number of carbonyl (C=O) groups excluding carboxylic acids is 2. The molecule has 12 heteroatoms. The van der Waals surface area contributed by atoms with Crippen LogP contribution in [0.1, 0.15) is 43.1 Å². The van der Waals surface area contributed by atoms with Gasteiger partial charge in [0.05, 0.1) is 27.2 Å². The minimum Gasteiger partial charge on any atom is -0.503 e. The predicted molar refractivity (Wildman–Crippen MR) is 174 cm³/mol. The Labute approximate surface area is 271 Å². The Bertz CT molecular complexity index is 1870. The number of benzene rings is 3. The molecule has 1 unspecified atom stereocenters. The fraction of sp³-hybridized carbons (Fsp3) is 0.156. The molecule has 1 aliphatic rings. The Balaban J connectivity index is 1.32. The third kappa shape index (κ3) is 6.14. The molecule has 0 saturated heterocycles. The Hall–Kier alpha value is -4.03. The average Bonchev–Trinajstić information content (AvgIpc) is 3.71. The summed E-state index contributed by atoms with van der Waals surface area (Å²) in [5.41, 5.74) is 3.10. The maximum absolute atomic E-state index is 13.9. The van der Waals surface area contributed by atoms with E-state index in [-0.39, 0.29) is 10.7 Å². The number of amides is 1. The van der Waals surface area contributed by atoms with Crippen LogP contribution >= 0.6 is 46.0 Å². The Morgan fingerprint density at radius 2 is 1.73 bits per heavy atom. The molecule has 0 saturated carbocycles. The topological polar surface area (TPSA) is 106 Å². The number of anilines is 1. The number of hydrogen-bond acceptors (Lipinski definition) is 10. The number of aliphatic hydroxyl groups is 1. The van der Waals surface area contributed by atoms with Crippen molar-refractivity contribution in [3.05, 3.63) is 127 Å². The largest absolute Gasteiger partial charge is 0.503 e. The molecule has 0 radical (unpaired) electrons. The number of aromatic nitrogens is 3. The molecular formula is C32H25ClN4O4S3. The lowest BCUT2D eigenvalue weighted by Crippen LogP contribution is -2.31. The Kier molecular flexibility index (Phi) is 8.81. The van der Waals surface area contributed by atoms with Crippen LogP contribution in [0.4, 0.5) is 5.13 Å². The molecule has 3 heterocycles. The lowest BCUT2D eigenvalue weighted by atomic mass is 9.95. The summed E-state index contributed by atoms with van der Waals surface area (Å²) in [4.78, 5) is 33.6. The van der Waals surface area contributed by atoms with Crippen molar-refractivity contribution in [2.24, 2.45) is 0 Å². The zero-order valence-electron chi connectivity index (χ0n) is 23.6. The van der Waals surface area contributed by atoms with Gasteiger partial charge in [0.15, 0.2) is 10.1 Å². The molecule has 1 N–H and O–H groups in total. The van der Waals surface area contributed by atoms with Gasteiger partial charge in [-0.15, -0.1) is 21.5 Å². The van der Waals surface area contributed by atoms with E-state index in [1.165, 1.54) is 39.3 Å². The van der Waals surface area contributed by atoms with Gasteiger partial charge < -0.3 is 9.84 Å². The first-order chi connectivity index (χ1) is 21.3. The summed E-state index contributed by atoms with van der Waals surface area (Å²) in [6.45, 7) is 3.94. The first kappa shape index (κ1) is 30.0. The van der Waals surface area contributed by atoms with Crippen LogP contribution in [0.5, 0.6) is 5.75 Å². The van der Waals surface area contributed by atoms with Gasteiger partial charge in [-0.05, 0) is 48.7 Å². The summed E-state index contributed by atoms with van der Waals surface area (Å²) in [5, 5.41) is 21.4. The third-order valence-electron chi connectivity index (χ3n) is 6.92. The van der Waals surface area contributed by atoms with E-state index in [9.17, 15) is 14.7 Å². The van der Waals surface area contributed by atoms with Crippen LogP contribution in [-0.2, 0) is 17.2 Å². The molecule has 6 rings (SSSR count). The van der Waals surface area contributed by atoms with Crippen LogP contribution in [0, 0.1) is 13.8 Å². The van der Waals surface area contributed by atoms with Crippen molar-refractivity contribution < 1.29 is 19.4 Å². The van der Waals surface area contributed by atoms with Gasteiger partial charge in [0, 0.05) is 10.8 Å². The molecule has 1 amide bonds. The number of ether oxygens (including phenoxy) is 1. The van der Waals surface area contributed by atoms with Gasteiger partial charge in [0.2, 0.25) is 10.9 Å². The fourth-order valence-electron chi connectivity index (χ4n) is 4.81. The summed E-state index contributed by atoms with van der Waals surface area (Å²) < 4.78 is 6.57. The first-order valence-electron chi connectivity index (χ1n) is 13.5. The average molecular weight is 661 g/mol. The van der Waals surface area contributed by atoms with E-state index < -0.39 is 23.5 Å². The number of nitrogens with zero attached hydrogens (tertiary/aromatic N) is 4. The van der Waals surface area contributed by atoms with E-state index in [0.717, 1.165) is 11.1 Å². The fourth-order valence-corrected chi connectivity index (χ4v) is 7.84. The number of hydrogen-bond donors (Lipinski definition) is 1. The highest BCUT2D eigenvalue weighted by Gasteiger charge is 2.46. The van der Waals surface area contributed by atoms with E-state index in [1.807, 2.05) is 61.5 Å². The molecule has 3 aromatic carbocycles. The summed E-state index contributed by atoms with van der Waals surface area (Å²) >= 11 is 10.2. The molecule has 0 spiro atoms. The maximum Gasteiger partial charge on any atom is 0.296 e. The zero-order valence-corrected chi connectivity index (χ0v) is 26.8. The van der Waals surface area contributed by atoms with Crippen molar-refractivity contribution in [2.75, 3.05) is 4.90 Å². The predicted octanol–water partition coefficient (Wildman–Crippen LogP) is 7.92. The normalized spacial score (nSPS) is 14.8. The van der Waals surface area contributed by atoms with Crippen LogP contribution in [0.3, 0.4) is 0 Å². The molecule has 0 fully saturated rings. The molecule has 0 aliphatic carbocycles. The van der Waals surface area contributed by atoms with Crippen molar-refractivity contribution in [3.63, 3.8) is 0 Å². The summed E-state index contributed by atoms with van der Waals surface area (Å²) in [6.07, 6.45) is 0. The number of ketones is 1. The summed E-state index contributed by atoms with van der Waals surface area (Å²) in [7, 11) is 0. The minimum absolute atomic E-state index is 0.0276. The molecule has 0 bridgehead atoms. The smallest absolute Gasteiger partial charge is 0.296 e. The summed E-state index contributed by atoms with van der Waals surface area (Å²) in [5.74, 6) is -0.602. The van der Waals surface area contributed by atoms with Crippen molar-refractivity contribution in [1.82, 2.24) is 15.2 Å². The standard InChI is InChI=1S/C32H25ClN4O4S3/c1-18-29(43-19(2)34-18)27(38)25-26(21-12-14-23(15-13-21)41-16-20-8-4-3-5-9-20)37(30(40)28(25)39)31-35-36-32(44-31)42-17-22-10-6-7-11-24(22)33/h3-15,26,39H,16-17H2,1-2H3. The van der Waals surface area contributed by atoms with E-state index in [0.29, 0.717) is 48.6 Å². The molecule has 5 aromatic rings. The molecule has 222 valence electrons. The minimum atomic E-state index is -0.936. The number of thioether (sulfide) groups is 1. The van der Waals surface area contributed by atoms with Gasteiger partial charge in [0.1, 0.15) is 12.4 Å². The van der Waals surface area contributed by atoms with Gasteiger partial charge >= 0.3 is 0 Å². The van der Waals surface area contributed by atoms with Crippen LogP contribution in [0.15, 0.2) is 94.5 Å². The second-order valence-electron chi connectivity index (χ2n) is 9.89. The molecular weight excluding hydrogens is 636 g/mol. The number of aryl methyl sites for hydroxylation is 2. The van der Waals surface area contributed by atoms with Crippen LogP contribution in [0.25, 0.3) is 0 Å². The van der Waals surface area contributed by atoms with Crippen LogP contribution in [0.2, 0.25) is 5.02 Å². The van der Waals surface area contributed by atoms with E-state index in [4.69, 9.17) is 16.3 Å². The number of thiazole rings is 1. The molecule has 1 atom stereocenters.